The molecule has 0 heterocycles. The van der Waals surface area contributed by atoms with Crippen LogP contribution in [-0.4, -0.2) is 24.8 Å². The number of hydrogen-bond acceptors (Lipinski definition) is 4. The Morgan fingerprint density at radius 2 is 1.84 bits per heavy atom. The van der Waals surface area contributed by atoms with E-state index in [0.717, 1.165) is 0 Å². The molecule has 0 aliphatic heterocycles. The van der Waals surface area contributed by atoms with Crippen molar-refractivity contribution in [1.82, 2.24) is 5.32 Å². The van der Waals surface area contributed by atoms with Crippen LogP contribution in [0.2, 0.25) is 0 Å². The minimum absolute atomic E-state index is 0.329. The molecule has 0 saturated carbocycles. The number of rotatable bonds is 2. The highest BCUT2D eigenvalue weighted by Gasteiger charge is 2.15. The largest absolute Gasteiger partial charge is 0.453 e. The van der Waals surface area contributed by atoms with Crippen molar-refractivity contribution >= 4 is 17.9 Å². The molecule has 0 fully saturated rings. The second-order valence-corrected chi connectivity index (χ2v) is 4.91. The second kappa shape index (κ2) is 6.08. The molecule has 1 aromatic rings. The lowest BCUT2D eigenvalue weighted by atomic mass is 10.1. The van der Waals surface area contributed by atoms with Gasteiger partial charge in [0, 0.05) is 17.3 Å². The monoisotopic (exact) mass is 266 g/mol. The quantitative estimate of drug-likeness (QED) is 0.862. The van der Waals surface area contributed by atoms with Gasteiger partial charge in [-0.25, -0.2) is 9.59 Å². The van der Waals surface area contributed by atoms with Crippen LogP contribution >= 0.6 is 0 Å². The van der Waals surface area contributed by atoms with Gasteiger partial charge in [0.2, 0.25) is 0 Å². The van der Waals surface area contributed by atoms with Gasteiger partial charge in [-0.15, -0.1) is 0 Å². The lowest BCUT2D eigenvalue weighted by molar-refractivity contribution is 0.187. The summed E-state index contributed by atoms with van der Waals surface area (Å²) in [4.78, 5) is 22.6. The van der Waals surface area contributed by atoms with Gasteiger partial charge in [0.1, 0.15) is 5.75 Å². The Kier molecular flexibility index (Phi) is 4.74. The molecule has 1 aromatic carbocycles. The standard InChI is InChI=1S/C13H18N2O4/c1-13(2,3)15-12(17)19-10-7-5-6-9(8-10)14-11(16)18-4/h5-8H,1-4H3,(H,14,16)(H,15,17). The smallest absolute Gasteiger partial charge is 0.413 e. The van der Waals surface area contributed by atoms with Crippen LogP contribution in [0.15, 0.2) is 24.3 Å². The summed E-state index contributed by atoms with van der Waals surface area (Å²) < 4.78 is 9.57. The maximum atomic E-state index is 11.6. The predicted octanol–water partition coefficient (Wildman–Crippen LogP) is 2.75. The van der Waals surface area contributed by atoms with Crippen molar-refractivity contribution in [3.63, 3.8) is 0 Å². The molecule has 0 aliphatic carbocycles. The van der Waals surface area contributed by atoms with E-state index >= 15 is 0 Å². The minimum atomic E-state index is -0.587. The summed E-state index contributed by atoms with van der Waals surface area (Å²) in [6.45, 7) is 5.55. The van der Waals surface area contributed by atoms with Crippen LogP contribution in [0.25, 0.3) is 0 Å². The Balaban J connectivity index is 2.67. The van der Waals surface area contributed by atoms with E-state index in [1.807, 2.05) is 20.8 Å². The van der Waals surface area contributed by atoms with E-state index in [2.05, 4.69) is 15.4 Å². The van der Waals surface area contributed by atoms with Crippen molar-refractivity contribution in [3.05, 3.63) is 24.3 Å². The Labute approximate surface area is 112 Å². The van der Waals surface area contributed by atoms with Gasteiger partial charge in [-0.05, 0) is 32.9 Å². The highest BCUT2D eigenvalue weighted by molar-refractivity contribution is 5.84. The van der Waals surface area contributed by atoms with E-state index in [1.54, 1.807) is 18.2 Å². The zero-order valence-electron chi connectivity index (χ0n) is 11.4. The van der Waals surface area contributed by atoms with Crippen LogP contribution < -0.4 is 15.4 Å². The van der Waals surface area contributed by atoms with Gasteiger partial charge >= 0.3 is 12.2 Å². The normalized spacial score (nSPS) is 10.5. The Morgan fingerprint density at radius 1 is 1.16 bits per heavy atom. The molecule has 2 amide bonds. The lowest BCUT2D eigenvalue weighted by Crippen LogP contribution is -2.42. The van der Waals surface area contributed by atoms with E-state index in [-0.39, 0.29) is 5.54 Å². The molecular formula is C13H18N2O4. The van der Waals surface area contributed by atoms with Crippen LogP contribution in [0.4, 0.5) is 15.3 Å². The summed E-state index contributed by atoms with van der Waals surface area (Å²) in [5.74, 6) is 0.329. The predicted molar refractivity (Wildman–Crippen MR) is 71.4 cm³/mol. The average molecular weight is 266 g/mol. The number of anilines is 1. The first kappa shape index (κ1) is 14.8. The molecule has 0 bridgehead atoms. The van der Waals surface area contributed by atoms with E-state index in [9.17, 15) is 9.59 Å². The Morgan fingerprint density at radius 3 is 2.42 bits per heavy atom. The number of ether oxygens (including phenoxy) is 2. The fourth-order valence-corrected chi connectivity index (χ4v) is 1.24. The molecule has 0 atom stereocenters. The fraction of sp³-hybridized carbons (Fsp3) is 0.385. The van der Waals surface area contributed by atoms with Gasteiger partial charge in [-0.3, -0.25) is 5.32 Å². The van der Waals surface area contributed by atoms with Crippen LogP contribution in [0.5, 0.6) is 5.75 Å². The molecule has 0 aromatic heterocycles. The number of benzene rings is 1. The maximum absolute atomic E-state index is 11.6. The summed E-state index contributed by atoms with van der Waals surface area (Å²) in [6, 6.07) is 6.46. The first-order chi connectivity index (χ1) is 8.80. The van der Waals surface area contributed by atoms with Gasteiger partial charge in [0.25, 0.3) is 0 Å². The molecule has 104 valence electrons. The molecule has 0 radical (unpaired) electrons. The molecular weight excluding hydrogens is 248 g/mol. The van der Waals surface area contributed by atoms with Crippen molar-refractivity contribution in [2.45, 2.75) is 26.3 Å². The molecule has 1 rings (SSSR count). The Hall–Kier alpha value is -2.24. The molecule has 19 heavy (non-hydrogen) atoms. The third kappa shape index (κ3) is 5.76. The first-order valence-corrected chi connectivity index (χ1v) is 5.75. The van der Waals surface area contributed by atoms with Crippen LogP contribution in [0.3, 0.4) is 0 Å². The number of amides is 2. The number of carbonyl (C=O) groups is 2. The summed E-state index contributed by atoms with van der Waals surface area (Å²) in [5, 5.41) is 5.15. The van der Waals surface area contributed by atoms with Gasteiger partial charge < -0.3 is 14.8 Å². The van der Waals surface area contributed by atoms with Crippen LogP contribution in [0, 0.1) is 0 Å². The molecule has 2 N–H and O–H groups in total. The van der Waals surface area contributed by atoms with Gasteiger partial charge in [-0.2, -0.15) is 0 Å². The van der Waals surface area contributed by atoms with Crippen molar-refractivity contribution in [3.8, 4) is 5.75 Å². The molecule has 0 saturated heterocycles. The number of methoxy groups -OCH3 is 1. The molecule has 0 unspecified atom stereocenters. The highest BCUT2D eigenvalue weighted by Crippen LogP contribution is 2.17. The van der Waals surface area contributed by atoms with Crippen LogP contribution in [-0.2, 0) is 4.74 Å². The van der Waals surface area contributed by atoms with Gasteiger partial charge in [-0.1, -0.05) is 6.07 Å². The van der Waals surface area contributed by atoms with Crippen molar-refractivity contribution in [2.24, 2.45) is 0 Å². The van der Waals surface area contributed by atoms with Gasteiger partial charge in [0.15, 0.2) is 0 Å². The number of nitrogens with one attached hydrogen (secondary N) is 2. The fourth-order valence-electron chi connectivity index (χ4n) is 1.24. The van der Waals surface area contributed by atoms with E-state index < -0.39 is 12.2 Å². The highest BCUT2D eigenvalue weighted by atomic mass is 16.6. The summed E-state index contributed by atoms with van der Waals surface area (Å²) in [6.07, 6.45) is -1.14. The maximum Gasteiger partial charge on any atom is 0.413 e. The van der Waals surface area contributed by atoms with E-state index in [4.69, 9.17) is 4.74 Å². The first-order valence-electron chi connectivity index (χ1n) is 5.75. The zero-order chi connectivity index (χ0) is 14.5. The minimum Gasteiger partial charge on any atom is -0.453 e. The molecule has 6 heteroatoms. The topological polar surface area (TPSA) is 76.7 Å². The van der Waals surface area contributed by atoms with Crippen molar-refractivity contribution in [2.75, 3.05) is 12.4 Å². The summed E-state index contributed by atoms with van der Waals surface area (Å²) >= 11 is 0. The van der Waals surface area contributed by atoms with Crippen molar-refractivity contribution in [1.29, 1.82) is 0 Å². The third-order valence-electron chi connectivity index (χ3n) is 1.95. The average Bonchev–Trinajstić information content (AvgIpc) is 2.26. The Bertz CT molecular complexity index is 466. The van der Waals surface area contributed by atoms with E-state index in [0.29, 0.717) is 11.4 Å². The lowest BCUT2D eigenvalue weighted by Gasteiger charge is -2.19. The summed E-state index contributed by atoms with van der Waals surface area (Å²) in [5.41, 5.74) is 0.104. The molecule has 0 spiro atoms. The number of carbonyl (C=O) groups excluding carboxylic acids is 2. The van der Waals surface area contributed by atoms with Crippen molar-refractivity contribution < 1.29 is 19.1 Å². The van der Waals surface area contributed by atoms with Crippen LogP contribution in [0.1, 0.15) is 20.8 Å². The molecule has 0 aliphatic rings. The SMILES string of the molecule is COC(=O)Nc1cccc(OC(=O)NC(C)(C)C)c1. The second-order valence-electron chi connectivity index (χ2n) is 4.91. The zero-order valence-corrected chi connectivity index (χ0v) is 11.4. The summed E-state index contributed by atoms with van der Waals surface area (Å²) in [7, 11) is 1.27. The third-order valence-corrected chi connectivity index (χ3v) is 1.95. The molecule has 6 nitrogen and oxygen atoms in total. The number of hydrogen-bond donors (Lipinski definition) is 2. The van der Waals surface area contributed by atoms with E-state index in [1.165, 1.54) is 13.2 Å². The van der Waals surface area contributed by atoms with Gasteiger partial charge in [0.05, 0.1) is 7.11 Å².